The lowest BCUT2D eigenvalue weighted by atomic mass is 9.94. The molecule has 0 saturated carbocycles. The van der Waals surface area contributed by atoms with Gasteiger partial charge in [-0.3, -0.25) is 14.5 Å². The summed E-state index contributed by atoms with van der Waals surface area (Å²) in [5.74, 6) is -0.815. The number of rotatable bonds is 20. The van der Waals surface area contributed by atoms with Gasteiger partial charge in [0.2, 0.25) is 11.8 Å². The van der Waals surface area contributed by atoms with Crippen molar-refractivity contribution in [3.8, 4) is 11.1 Å². The quantitative estimate of drug-likeness (QED) is 0.0684. The second-order valence-corrected chi connectivity index (χ2v) is 15.3. The Balaban J connectivity index is 1.28. The molecule has 0 bridgehead atoms. The molecular weight excluding hydrogens is 750 g/mol. The van der Waals surface area contributed by atoms with Crippen molar-refractivity contribution in [1.82, 2.24) is 25.3 Å². The molecule has 2 atom stereocenters. The standard InChI is InChI=1S/C47H56ClN5O5/c1-5-6-29-49-45(55)44(39-23-21-37(22-24-39)36-18-12-8-13-19-36)53(32-31-51(3)4)41(54)20-14-9-15-30-52-34(2)42(46(56)58-33-35-16-10-7-11-17-35)43(50-47(52)57)38-25-27-40(48)28-26-38/h7-8,10-13,16-19,21-28,43-44H,5-6,9,14-15,20,29-33H2,1-4H3,(H,49,55)(H,50,57). The molecule has 2 unspecified atom stereocenters. The largest absolute Gasteiger partial charge is 0.457 e. The number of hydrogen-bond donors (Lipinski definition) is 2. The van der Waals surface area contributed by atoms with Gasteiger partial charge < -0.3 is 25.2 Å². The van der Waals surface area contributed by atoms with Crippen molar-refractivity contribution in [1.29, 1.82) is 0 Å². The van der Waals surface area contributed by atoms with Crippen molar-refractivity contribution in [3.05, 3.63) is 142 Å². The fraction of sp³-hybridized carbons (Fsp3) is 0.362. The maximum absolute atomic E-state index is 14.1. The molecule has 0 aromatic heterocycles. The number of benzene rings is 4. The molecule has 306 valence electrons. The van der Waals surface area contributed by atoms with Crippen LogP contribution in [0.3, 0.4) is 0 Å². The van der Waals surface area contributed by atoms with E-state index in [-0.39, 0.29) is 30.9 Å². The summed E-state index contributed by atoms with van der Waals surface area (Å²) in [6.07, 6.45) is 3.83. The van der Waals surface area contributed by atoms with E-state index in [0.29, 0.717) is 67.3 Å². The van der Waals surface area contributed by atoms with Crippen LogP contribution in [-0.4, -0.2) is 78.8 Å². The molecule has 1 aliphatic rings. The lowest BCUT2D eigenvalue weighted by molar-refractivity contribution is -0.141. The van der Waals surface area contributed by atoms with Gasteiger partial charge in [0.1, 0.15) is 12.6 Å². The highest BCUT2D eigenvalue weighted by Gasteiger charge is 2.36. The summed E-state index contributed by atoms with van der Waals surface area (Å²) in [6, 6.07) is 32.6. The Labute approximate surface area is 348 Å². The zero-order valence-electron chi connectivity index (χ0n) is 34.1. The van der Waals surface area contributed by atoms with E-state index in [0.717, 1.165) is 35.1 Å². The summed E-state index contributed by atoms with van der Waals surface area (Å²) in [4.78, 5) is 60.6. The molecule has 4 aromatic carbocycles. The number of urea groups is 1. The second kappa shape index (κ2) is 21.9. The summed E-state index contributed by atoms with van der Waals surface area (Å²) in [6.45, 7) is 5.79. The summed E-state index contributed by atoms with van der Waals surface area (Å²) >= 11 is 6.16. The number of likely N-dealkylation sites (N-methyl/N-ethyl adjacent to an activating group) is 1. The Bertz CT molecular complexity index is 1990. The van der Waals surface area contributed by atoms with Crippen LogP contribution in [-0.2, 0) is 25.7 Å². The smallest absolute Gasteiger partial charge is 0.338 e. The van der Waals surface area contributed by atoms with Crippen molar-refractivity contribution in [2.75, 3.05) is 40.3 Å². The first-order chi connectivity index (χ1) is 28.1. The third-order valence-corrected chi connectivity index (χ3v) is 10.6. The molecule has 1 aliphatic heterocycles. The zero-order valence-corrected chi connectivity index (χ0v) is 34.8. The van der Waals surface area contributed by atoms with Gasteiger partial charge in [-0.05, 0) is 80.2 Å². The minimum absolute atomic E-state index is 0.0948. The monoisotopic (exact) mass is 805 g/mol. The number of ether oxygens (including phenoxy) is 1. The van der Waals surface area contributed by atoms with E-state index in [4.69, 9.17) is 16.3 Å². The number of halogens is 1. The Kier molecular flexibility index (Phi) is 16.5. The molecule has 10 nitrogen and oxygen atoms in total. The number of carbonyl (C=O) groups excluding carboxylic acids is 4. The molecule has 0 fully saturated rings. The van der Waals surface area contributed by atoms with Crippen LogP contribution >= 0.6 is 11.6 Å². The number of carbonyl (C=O) groups is 4. The summed E-state index contributed by atoms with van der Waals surface area (Å²) in [5, 5.41) is 6.64. The van der Waals surface area contributed by atoms with E-state index < -0.39 is 18.1 Å². The number of esters is 1. The molecule has 4 amide bonds. The minimum Gasteiger partial charge on any atom is -0.457 e. The van der Waals surface area contributed by atoms with Crippen LogP contribution in [0.2, 0.25) is 5.02 Å². The van der Waals surface area contributed by atoms with Gasteiger partial charge in [-0.1, -0.05) is 128 Å². The van der Waals surface area contributed by atoms with Crippen LogP contribution in [0.5, 0.6) is 0 Å². The average molecular weight is 806 g/mol. The number of nitrogens with one attached hydrogen (secondary N) is 2. The molecule has 0 aliphatic carbocycles. The molecule has 0 radical (unpaired) electrons. The number of allylic oxidation sites excluding steroid dienone is 1. The highest BCUT2D eigenvalue weighted by atomic mass is 35.5. The number of hydrogen-bond acceptors (Lipinski definition) is 6. The minimum atomic E-state index is -0.785. The van der Waals surface area contributed by atoms with Gasteiger partial charge in [0.05, 0.1) is 11.6 Å². The molecular formula is C47H56ClN5O5. The van der Waals surface area contributed by atoms with E-state index in [2.05, 4.69) is 17.6 Å². The zero-order chi connectivity index (χ0) is 41.4. The summed E-state index contributed by atoms with van der Waals surface area (Å²) in [7, 11) is 3.90. The summed E-state index contributed by atoms with van der Waals surface area (Å²) in [5.41, 5.74) is 5.30. The Morgan fingerprint density at radius 2 is 1.48 bits per heavy atom. The maximum atomic E-state index is 14.1. The Hall–Kier alpha value is -5.45. The van der Waals surface area contributed by atoms with Gasteiger partial charge in [0, 0.05) is 43.3 Å². The van der Waals surface area contributed by atoms with Crippen LogP contribution in [0.1, 0.15) is 81.1 Å². The van der Waals surface area contributed by atoms with Crippen LogP contribution in [0, 0.1) is 0 Å². The van der Waals surface area contributed by atoms with Crippen LogP contribution in [0.25, 0.3) is 11.1 Å². The summed E-state index contributed by atoms with van der Waals surface area (Å²) < 4.78 is 5.77. The maximum Gasteiger partial charge on any atom is 0.338 e. The normalized spacial score (nSPS) is 14.6. The van der Waals surface area contributed by atoms with Crippen molar-refractivity contribution >= 4 is 35.4 Å². The number of unbranched alkanes of at least 4 members (excludes halogenated alkanes) is 3. The Morgan fingerprint density at radius 1 is 0.828 bits per heavy atom. The lowest BCUT2D eigenvalue weighted by Gasteiger charge is -2.35. The molecule has 4 aromatic rings. The van der Waals surface area contributed by atoms with Crippen molar-refractivity contribution in [2.45, 2.75) is 71.1 Å². The Morgan fingerprint density at radius 3 is 2.14 bits per heavy atom. The first-order valence-electron chi connectivity index (χ1n) is 20.2. The van der Waals surface area contributed by atoms with Crippen LogP contribution < -0.4 is 10.6 Å². The van der Waals surface area contributed by atoms with Crippen molar-refractivity contribution < 1.29 is 23.9 Å². The third-order valence-electron chi connectivity index (χ3n) is 10.3. The predicted molar refractivity (Wildman–Crippen MR) is 230 cm³/mol. The SMILES string of the molecule is CCCCNC(=O)C(c1ccc(-c2ccccc2)cc1)N(CCN(C)C)C(=O)CCCCCN1C(=O)NC(c2ccc(Cl)cc2)C(C(=O)OCc2ccccc2)=C1C. The molecule has 0 spiro atoms. The van der Waals surface area contributed by atoms with Gasteiger partial charge in [0.15, 0.2) is 0 Å². The molecule has 11 heteroatoms. The van der Waals surface area contributed by atoms with Gasteiger partial charge in [-0.2, -0.15) is 0 Å². The van der Waals surface area contributed by atoms with E-state index in [9.17, 15) is 19.2 Å². The highest BCUT2D eigenvalue weighted by molar-refractivity contribution is 6.30. The van der Waals surface area contributed by atoms with E-state index >= 15 is 0 Å². The van der Waals surface area contributed by atoms with Gasteiger partial charge in [-0.25, -0.2) is 9.59 Å². The number of nitrogens with zero attached hydrogens (tertiary/aromatic N) is 3. The second-order valence-electron chi connectivity index (χ2n) is 14.9. The fourth-order valence-electron chi connectivity index (χ4n) is 7.04. The van der Waals surface area contributed by atoms with Crippen molar-refractivity contribution in [3.63, 3.8) is 0 Å². The van der Waals surface area contributed by atoms with Gasteiger partial charge in [-0.15, -0.1) is 0 Å². The average Bonchev–Trinajstić information content (AvgIpc) is 3.23. The lowest BCUT2D eigenvalue weighted by Crippen LogP contribution is -2.48. The fourth-order valence-corrected chi connectivity index (χ4v) is 7.17. The van der Waals surface area contributed by atoms with Crippen LogP contribution in [0.15, 0.2) is 120 Å². The van der Waals surface area contributed by atoms with Gasteiger partial charge >= 0.3 is 12.0 Å². The van der Waals surface area contributed by atoms with E-state index in [1.165, 1.54) is 0 Å². The predicted octanol–water partition coefficient (Wildman–Crippen LogP) is 8.70. The van der Waals surface area contributed by atoms with Crippen LogP contribution in [0.4, 0.5) is 4.79 Å². The van der Waals surface area contributed by atoms with Crippen molar-refractivity contribution in [2.24, 2.45) is 0 Å². The van der Waals surface area contributed by atoms with Gasteiger partial charge in [0.25, 0.3) is 0 Å². The topological polar surface area (TPSA) is 111 Å². The highest BCUT2D eigenvalue weighted by Crippen LogP contribution is 2.33. The van der Waals surface area contributed by atoms with E-state index in [1.54, 1.807) is 41.0 Å². The molecule has 58 heavy (non-hydrogen) atoms. The number of amides is 4. The molecule has 2 N–H and O–H groups in total. The first-order valence-corrected chi connectivity index (χ1v) is 20.6. The molecule has 1 heterocycles. The molecule has 0 saturated heterocycles. The third kappa shape index (κ3) is 12.0. The van der Waals surface area contributed by atoms with E-state index in [1.807, 2.05) is 104 Å². The molecule has 5 rings (SSSR count). The first kappa shape index (κ1) is 43.7.